The molecule has 1 aliphatic carbocycles. The fraction of sp³-hybridized carbons (Fsp3) is 0.733. The van der Waals surface area contributed by atoms with Gasteiger partial charge >= 0.3 is 0 Å². The van der Waals surface area contributed by atoms with Crippen LogP contribution in [0.1, 0.15) is 62.8 Å². The van der Waals surface area contributed by atoms with Crippen molar-refractivity contribution in [3.63, 3.8) is 0 Å². The molecule has 1 unspecified atom stereocenters. The second-order valence-corrected chi connectivity index (χ2v) is 6.50. The van der Waals surface area contributed by atoms with Crippen molar-refractivity contribution in [3.8, 4) is 0 Å². The van der Waals surface area contributed by atoms with Gasteiger partial charge in [-0.15, -0.1) is 11.3 Å². The molecule has 102 valence electrons. The molecule has 2 nitrogen and oxygen atoms in total. The summed E-state index contributed by atoms with van der Waals surface area (Å²) in [6, 6.07) is 4.73. The second kappa shape index (κ2) is 6.69. The van der Waals surface area contributed by atoms with Crippen molar-refractivity contribution < 1.29 is 5.11 Å². The molecule has 0 bridgehead atoms. The second-order valence-electron chi connectivity index (χ2n) is 5.52. The average molecular weight is 267 g/mol. The van der Waals surface area contributed by atoms with Gasteiger partial charge in [0.2, 0.25) is 0 Å². The van der Waals surface area contributed by atoms with E-state index in [4.69, 9.17) is 0 Å². The molecule has 1 aliphatic rings. The maximum absolute atomic E-state index is 10.5. The Balaban J connectivity index is 1.89. The van der Waals surface area contributed by atoms with Crippen LogP contribution in [0.5, 0.6) is 0 Å². The van der Waals surface area contributed by atoms with Crippen LogP contribution in [0.4, 0.5) is 0 Å². The van der Waals surface area contributed by atoms with Gasteiger partial charge in [-0.2, -0.15) is 0 Å². The summed E-state index contributed by atoms with van der Waals surface area (Å²) in [6.45, 7) is 2.97. The average Bonchev–Trinajstić information content (AvgIpc) is 2.89. The van der Waals surface area contributed by atoms with E-state index in [0.717, 1.165) is 25.8 Å². The molecule has 1 atom stereocenters. The molecule has 1 aromatic rings. The first kappa shape index (κ1) is 14.0. The Hall–Kier alpha value is -0.380. The summed E-state index contributed by atoms with van der Waals surface area (Å²) in [5.74, 6) is 0. The first-order chi connectivity index (χ1) is 8.73. The fourth-order valence-electron chi connectivity index (χ4n) is 2.82. The van der Waals surface area contributed by atoms with Crippen LogP contribution < -0.4 is 5.32 Å². The topological polar surface area (TPSA) is 32.3 Å². The summed E-state index contributed by atoms with van der Waals surface area (Å²) in [6.07, 6.45) is 7.88. The zero-order chi connectivity index (χ0) is 12.8. The first-order valence-electron chi connectivity index (χ1n) is 7.23. The molecule has 2 rings (SSSR count). The van der Waals surface area contributed by atoms with Crippen molar-refractivity contribution in [2.45, 2.75) is 63.5 Å². The number of hydrogen-bond donors (Lipinski definition) is 2. The van der Waals surface area contributed by atoms with Crippen molar-refractivity contribution in [1.29, 1.82) is 0 Å². The van der Waals surface area contributed by atoms with Crippen LogP contribution in [0.3, 0.4) is 0 Å². The SMILES string of the molecule is CCCC(NCC1(O)CCCCC1)c1cccs1. The van der Waals surface area contributed by atoms with Crippen LogP contribution in [0.2, 0.25) is 0 Å². The van der Waals surface area contributed by atoms with Gasteiger partial charge in [0.05, 0.1) is 5.60 Å². The van der Waals surface area contributed by atoms with Gasteiger partial charge in [-0.1, -0.05) is 38.7 Å². The highest BCUT2D eigenvalue weighted by Gasteiger charge is 2.29. The smallest absolute Gasteiger partial charge is 0.0771 e. The van der Waals surface area contributed by atoms with E-state index >= 15 is 0 Å². The van der Waals surface area contributed by atoms with Crippen molar-refractivity contribution >= 4 is 11.3 Å². The summed E-state index contributed by atoms with van der Waals surface area (Å²) in [4.78, 5) is 1.40. The molecule has 0 aliphatic heterocycles. The van der Waals surface area contributed by atoms with E-state index in [1.165, 1.54) is 30.6 Å². The van der Waals surface area contributed by atoms with E-state index in [1.807, 2.05) is 11.3 Å². The van der Waals surface area contributed by atoms with Gasteiger partial charge in [0.25, 0.3) is 0 Å². The predicted molar refractivity (Wildman–Crippen MR) is 78.0 cm³/mol. The molecule has 0 spiro atoms. The van der Waals surface area contributed by atoms with E-state index in [9.17, 15) is 5.11 Å². The number of aliphatic hydroxyl groups is 1. The van der Waals surface area contributed by atoms with Crippen molar-refractivity contribution in [3.05, 3.63) is 22.4 Å². The number of nitrogens with one attached hydrogen (secondary N) is 1. The van der Waals surface area contributed by atoms with Gasteiger partial charge in [-0.3, -0.25) is 0 Å². The molecule has 0 aromatic carbocycles. The van der Waals surface area contributed by atoms with Crippen LogP contribution in [0, 0.1) is 0 Å². The Kier molecular flexibility index (Phi) is 5.22. The highest BCUT2D eigenvalue weighted by atomic mass is 32.1. The van der Waals surface area contributed by atoms with Crippen molar-refractivity contribution in [1.82, 2.24) is 5.32 Å². The lowest BCUT2D eigenvalue weighted by molar-refractivity contribution is 0.00243. The summed E-state index contributed by atoms with van der Waals surface area (Å²) in [5.41, 5.74) is -0.457. The van der Waals surface area contributed by atoms with Crippen LogP contribution >= 0.6 is 11.3 Å². The van der Waals surface area contributed by atoms with Gasteiger partial charge in [-0.05, 0) is 30.7 Å². The molecular formula is C15H25NOS. The molecule has 0 amide bonds. The maximum Gasteiger partial charge on any atom is 0.0771 e. The normalized spacial score (nSPS) is 20.8. The van der Waals surface area contributed by atoms with Crippen molar-refractivity contribution in [2.75, 3.05) is 6.54 Å². The molecule has 1 fully saturated rings. The number of thiophene rings is 1. The fourth-order valence-corrected chi connectivity index (χ4v) is 3.66. The molecule has 0 saturated heterocycles. The van der Waals surface area contributed by atoms with E-state index < -0.39 is 5.60 Å². The van der Waals surface area contributed by atoms with Gasteiger partial charge in [0, 0.05) is 17.5 Å². The minimum Gasteiger partial charge on any atom is -0.389 e. The lowest BCUT2D eigenvalue weighted by atomic mass is 9.84. The first-order valence-corrected chi connectivity index (χ1v) is 8.11. The molecule has 3 heteroatoms. The monoisotopic (exact) mass is 267 g/mol. The zero-order valence-electron chi connectivity index (χ0n) is 11.3. The molecular weight excluding hydrogens is 242 g/mol. The van der Waals surface area contributed by atoms with E-state index in [0.29, 0.717) is 6.04 Å². The van der Waals surface area contributed by atoms with Crippen LogP contribution in [0.15, 0.2) is 17.5 Å². The third-order valence-corrected chi connectivity index (χ3v) is 4.91. The lowest BCUT2D eigenvalue weighted by Gasteiger charge is -2.33. The number of rotatable bonds is 6. The molecule has 1 saturated carbocycles. The highest BCUT2D eigenvalue weighted by molar-refractivity contribution is 7.10. The van der Waals surface area contributed by atoms with Crippen LogP contribution in [-0.2, 0) is 0 Å². The lowest BCUT2D eigenvalue weighted by Crippen LogP contribution is -2.43. The Morgan fingerprint density at radius 3 is 2.78 bits per heavy atom. The van der Waals surface area contributed by atoms with E-state index in [-0.39, 0.29) is 0 Å². The summed E-state index contributed by atoms with van der Waals surface area (Å²) < 4.78 is 0. The largest absolute Gasteiger partial charge is 0.389 e. The van der Waals surface area contributed by atoms with E-state index in [1.54, 1.807) is 0 Å². The molecule has 18 heavy (non-hydrogen) atoms. The highest BCUT2D eigenvalue weighted by Crippen LogP contribution is 2.29. The minimum atomic E-state index is -0.457. The predicted octanol–water partition coefficient (Wildman–Crippen LogP) is 3.87. The summed E-state index contributed by atoms with van der Waals surface area (Å²) in [7, 11) is 0. The van der Waals surface area contributed by atoms with Gasteiger partial charge in [-0.25, -0.2) is 0 Å². The molecule has 2 N–H and O–H groups in total. The van der Waals surface area contributed by atoms with Crippen LogP contribution in [-0.4, -0.2) is 17.3 Å². The minimum absolute atomic E-state index is 0.418. The Morgan fingerprint density at radius 2 is 2.17 bits per heavy atom. The van der Waals surface area contributed by atoms with Gasteiger partial charge < -0.3 is 10.4 Å². The molecule has 0 radical (unpaired) electrons. The van der Waals surface area contributed by atoms with Crippen molar-refractivity contribution in [2.24, 2.45) is 0 Å². The standard InChI is InChI=1S/C15H25NOS/c1-2-7-13(14-8-6-11-18-14)16-12-15(17)9-4-3-5-10-15/h6,8,11,13,16-17H,2-5,7,9-10,12H2,1H3. The number of hydrogen-bond acceptors (Lipinski definition) is 3. The summed E-state index contributed by atoms with van der Waals surface area (Å²) >= 11 is 1.81. The Bertz CT molecular complexity index is 330. The Morgan fingerprint density at radius 1 is 1.39 bits per heavy atom. The van der Waals surface area contributed by atoms with Crippen LogP contribution in [0.25, 0.3) is 0 Å². The zero-order valence-corrected chi connectivity index (χ0v) is 12.1. The van der Waals surface area contributed by atoms with E-state index in [2.05, 4.69) is 29.8 Å². The molecule has 1 heterocycles. The quantitative estimate of drug-likeness (QED) is 0.820. The van der Waals surface area contributed by atoms with Gasteiger partial charge in [0.1, 0.15) is 0 Å². The van der Waals surface area contributed by atoms with Gasteiger partial charge in [0.15, 0.2) is 0 Å². The maximum atomic E-state index is 10.5. The Labute approximate surface area is 114 Å². The molecule has 1 aromatic heterocycles. The third kappa shape index (κ3) is 3.81. The third-order valence-electron chi connectivity index (χ3n) is 3.93. The summed E-state index contributed by atoms with van der Waals surface area (Å²) in [5, 5.41) is 16.3.